The fraction of sp³-hybridized carbons (Fsp3) is 0.438. The van der Waals surface area contributed by atoms with Gasteiger partial charge in [-0.2, -0.15) is 0 Å². The van der Waals surface area contributed by atoms with Crippen LogP contribution in [0.15, 0.2) is 30.3 Å². The van der Waals surface area contributed by atoms with Gasteiger partial charge in [0, 0.05) is 0 Å². The van der Waals surface area contributed by atoms with Crippen LogP contribution < -0.4 is 0 Å². The van der Waals surface area contributed by atoms with Crippen LogP contribution in [-0.2, 0) is 14.4 Å². The molecule has 1 aromatic rings. The van der Waals surface area contributed by atoms with Gasteiger partial charge in [-0.05, 0) is 30.0 Å². The average Bonchev–Trinajstić information content (AvgIpc) is 2.74. The molecule has 5 heteroatoms. The van der Waals surface area contributed by atoms with E-state index in [2.05, 4.69) is 0 Å². The zero-order chi connectivity index (χ0) is 15.0. The second-order valence-corrected chi connectivity index (χ2v) is 6.03. The maximum Gasteiger partial charge on any atom is 0.249 e. The van der Waals surface area contributed by atoms with Crippen molar-refractivity contribution in [2.24, 2.45) is 11.8 Å². The molecule has 0 spiro atoms. The first kappa shape index (κ1) is 14.3. The number of rotatable bonds is 3. The molecule has 21 heavy (non-hydrogen) atoms. The van der Waals surface area contributed by atoms with E-state index in [4.69, 9.17) is 11.6 Å². The molecule has 1 aliphatic heterocycles. The van der Waals surface area contributed by atoms with Crippen molar-refractivity contribution in [3.63, 3.8) is 0 Å². The van der Waals surface area contributed by atoms with Gasteiger partial charge in [-0.1, -0.05) is 43.2 Å². The Morgan fingerprint density at radius 1 is 1.05 bits per heavy atom. The lowest BCUT2D eigenvalue weighted by Crippen LogP contribution is -2.38. The molecule has 0 bridgehead atoms. The summed E-state index contributed by atoms with van der Waals surface area (Å²) in [6, 6.07) is 7.77. The Morgan fingerprint density at radius 3 is 2.05 bits per heavy atom. The molecule has 1 saturated heterocycles. The van der Waals surface area contributed by atoms with Crippen LogP contribution in [0.25, 0.3) is 0 Å². The molecular weight excluding hydrogens is 290 g/mol. The van der Waals surface area contributed by atoms with Crippen molar-refractivity contribution in [3.8, 4) is 0 Å². The largest absolute Gasteiger partial charge is 0.279 e. The molecule has 1 aromatic carbocycles. The molecule has 110 valence electrons. The van der Waals surface area contributed by atoms with Crippen molar-refractivity contribution in [2.75, 3.05) is 0 Å². The molecule has 2 amide bonds. The summed E-state index contributed by atoms with van der Waals surface area (Å²) in [5.41, 5.74) is 0.581. The minimum absolute atomic E-state index is 0.243. The summed E-state index contributed by atoms with van der Waals surface area (Å²) >= 11 is 5.70. The van der Waals surface area contributed by atoms with E-state index in [-0.39, 0.29) is 23.7 Å². The molecule has 0 radical (unpaired) electrons. The zero-order valence-electron chi connectivity index (χ0n) is 11.5. The van der Waals surface area contributed by atoms with Crippen LogP contribution in [0.5, 0.6) is 0 Å². The topological polar surface area (TPSA) is 54.5 Å². The predicted octanol–water partition coefficient (Wildman–Crippen LogP) is 2.67. The van der Waals surface area contributed by atoms with E-state index in [1.54, 1.807) is 24.3 Å². The molecule has 0 unspecified atom stereocenters. The van der Waals surface area contributed by atoms with Gasteiger partial charge in [0.05, 0.1) is 11.8 Å². The number of fused-ring (bicyclic) bond motifs is 1. The highest BCUT2D eigenvalue weighted by molar-refractivity contribution is 6.65. The minimum atomic E-state index is -1.00. The van der Waals surface area contributed by atoms with Gasteiger partial charge in [0.15, 0.2) is 0 Å². The first-order valence-electron chi connectivity index (χ1n) is 7.22. The molecule has 2 aliphatic rings. The summed E-state index contributed by atoms with van der Waals surface area (Å²) in [5.74, 6) is -1.03. The monoisotopic (exact) mass is 305 g/mol. The van der Waals surface area contributed by atoms with E-state index in [0.717, 1.165) is 30.6 Å². The van der Waals surface area contributed by atoms with Crippen molar-refractivity contribution < 1.29 is 14.4 Å². The predicted molar refractivity (Wildman–Crippen MR) is 77.3 cm³/mol. The molecular formula is C16H16ClNO3. The number of hydrogen-bond acceptors (Lipinski definition) is 3. The standard InChI is InChI=1S/C16H16ClNO3/c17-14(19)13(10-6-2-1-3-7-10)18-15(20)11-8-4-5-9-12(11)16(18)21/h1-3,6-7,11-13H,4-5,8-9H2/t11-,12+,13-/m1/s1. The van der Waals surface area contributed by atoms with Crippen LogP contribution in [0.1, 0.15) is 37.3 Å². The lowest BCUT2D eigenvalue weighted by molar-refractivity contribution is -0.145. The SMILES string of the molecule is O=C(Cl)[C@@H](c1ccccc1)N1C(=O)[C@H]2CCCC[C@H]2C1=O. The number of hydrogen-bond donors (Lipinski definition) is 0. The molecule has 0 aromatic heterocycles. The summed E-state index contributed by atoms with van der Waals surface area (Å²) in [4.78, 5) is 38.1. The molecule has 0 N–H and O–H groups in total. The zero-order valence-corrected chi connectivity index (χ0v) is 12.3. The number of halogens is 1. The van der Waals surface area contributed by atoms with Crippen molar-refractivity contribution in [3.05, 3.63) is 35.9 Å². The molecule has 4 nitrogen and oxygen atoms in total. The highest BCUT2D eigenvalue weighted by Crippen LogP contribution is 2.41. The van der Waals surface area contributed by atoms with Gasteiger partial charge in [0.2, 0.25) is 17.1 Å². The fourth-order valence-corrected chi connectivity index (χ4v) is 3.68. The second-order valence-electron chi connectivity index (χ2n) is 5.66. The maximum atomic E-state index is 12.6. The normalized spacial score (nSPS) is 26.6. The summed E-state index contributed by atoms with van der Waals surface area (Å²) in [7, 11) is 0. The summed E-state index contributed by atoms with van der Waals surface area (Å²) in [6.07, 6.45) is 3.37. The second kappa shape index (κ2) is 5.60. The molecule has 1 aliphatic carbocycles. The quantitative estimate of drug-likeness (QED) is 0.637. The Hall–Kier alpha value is -1.68. The van der Waals surface area contributed by atoms with E-state index in [0.29, 0.717) is 5.56 Å². The number of benzene rings is 1. The number of carbonyl (C=O) groups is 3. The third-order valence-corrected chi connectivity index (χ3v) is 4.67. The highest BCUT2D eigenvalue weighted by Gasteiger charge is 2.51. The van der Waals surface area contributed by atoms with Crippen molar-refractivity contribution in [1.82, 2.24) is 4.90 Å². The molecule has 3 rings (SSSR count). The van der Waals surface area contributed by atoms with E-state index >= 15 is 0 Å². The van der Waals surface area contributed by atoms with Gasteiger partial charge >= 0.3 is 0 Å². The van der Waals surface area contributed by atoms with Crippen molar-refractivity contribution in [1.29, 1.82) is 0 Å². The van der Waals surface area contributed by atoms with Crippen LogP contribution >= 0.6 is 11.6 Å². The first-order chi connectivity index (χ1) is 10.1. The van der Waals surface area contributed by atoms with Gasteiger partial charge in [-0.3, -0.25) is 19.3 Å². The lowest BCUT2D eigenvalue weighted by Gasteiger charge is -2.23. The lowest BCUT2D eigenvalue weighted by atomic mass is 9.81. The Bertz CT molecular complexity index is 562. The van der Waals surface area contributed by atoms with Gasteiger partial charge in [-0.25, -0.2) is 0 Å². The summed E-state index contributed by atoms with van der Waals surface area (Å²) in [5, 5.41) is -0.693. The van der Waals surface area contributed by atoms with Crippen LogP contribution in [-0.4, -0.2) is 22.0 Å². The van der Waals surface area contributed by atoms with Gasteiger partial charge in [0.1, 0.15) is 6.04 Å². The van der Waals surface area contributed by atoms with Crippen LogP contribution in [0, 0.1) is 11.8 Å². The van der Waals surface area contributed by atoms with Crippen molar-refractivity contribution in [2.45, 2.75) is 31.7 Å². The molecule has 2 fully saturated rings. The number of imide groups is 1. The number of carbonyl (C=O) groups excluding carboxylic acids is 3. The van der Waals surface area contributed by atoms with E-state index in [1.165, 1.54) is 0 Å². The molecule has 1 saturated carbocycles. The van der Waals surface area contributed by atoms with E-state index < -0.39 is 11.3 Å². The number of amides is 2. The van der Waals surface area contributed by atoms with Crippen LogP contribution in [0.3, 0.4) is 0 Å². The van der Waals surface area contributed by atoms with Gasteiger partial charge < -0.3 is 0 Å². The highest BCUT2D eigenvalue weighted by atomic mass is 35.5. The summed E-state index contributed by atoms with van der Waals surface area (Å²) in [6.45, 7) is 0. The smallest absolute Gasteiger partial charge is 0.249 e. The Balaban J connectivity index is 1.98. The van der Waals surface area contributed by atoms with Gasteiger partial charge in [-0.15, -0.1) is 0 Å². The minimum Gasteiger partial charge on any atom is -0.279 e. The maximum absolute atomic E-state index is 12.6. The van der Waals surface area contributed by atoms with E-state index in [9.17, 15) is 14.4 Å². The van der Waals surface area contributed by atoms with Crippen LogP contribution in [0.2, 0.25) is 0 Å². The molecule has 1 heterocycles. The number of nitrogens with zero attached hydrogens (tertiary/aromatic N) is 1. The summed E-state index contributed by atoms with van der Waals surface area (Å²) < 4.78 is 0. The Labute approximate surface area is 128 Å². The third kappa shape index (κ3) is 2.38. The fourth-order valence-electron chi connectivity index (χ4n) is 3.46. The van der Waals surface area contributed by atoms with Crippen molar-refractivity contribution >= 4 is 28.7 Å². The Morgan fingerprint density at radius 2 is 1.57 bits per heavy atom. The molecule has 3 atom stereocenters. The van der Waals surface area contributed by atoms with Gasteiger partial charge in [0.25, 0.3) is 0 Å². The van der Waals surface area contributed by atoms with E-state index in [1.807, 2.05) is 6.07 Å². The number of likely N-dealkylation sites (tertiary alicyclic amines) is 1. The Kier molecular flexibility index (Phi) is 3.81. The average molecular weight is 306 g/mol. The first-order valence-corrected chi connectivity index (χ1v) is 7.60. The third-order valence-electron chi connectivity index (χ3n) is 4.46. The van der Waals surface area contributed by atoms with Crippen LogP contribution in [0.4, 0.5) is 0 Å².